The minimum Gasteiger partial charge on any atom is -0.481 e. The zero-order chi connectivity index (χ0) is 16.4. The molecule has 1 aromatic rings. The Morgan fingerprint density at radius 1 is 1.24 bits per heavy atom. The van der Waals surface area contributed by atoms with E-state index in [1.807, 2.05) is 13.8 Å². The molecule has 0 atom stereocenters. The van der Waals surface area contributed by atoms with E-state index in [4.69, 9.17) is 4.52 Å². The summed E-state index contributed by atoms with van der Waals surface area (Å²) in [5.41, 5.74) is -0.203. The number of carboxylic acid groups (broad SMARTS) is 1. The number of aromatic nitrogens is 1. The van der Waals surface area contributed by atoms with Crippen LogP contribution in [-0.2, 0) is 16.0 Å². The molecule has 0 aromatic carbocycles. The number of carbonyl (C=O) groups excluding carboxylic acids is 1. The fraction of sp³-hybridized carbons (Fsp3) is 0.667. The summed E-state index contributed by atoms with van der Waals surface area (Å²) >= 11 is 0. The number of carboxylic acids is 1. The summed E-state index contributed by atoms with van der Waals surface area (Å²) in [6.07, 6.45) is 0.790. The van der Waals surface area contributed by atoms with Crippen LogP contribution in [0.5, 0.6) is 0 Å². The molecule has 0 radical (unpaired) electrons. The summed E-state index contributed by atoms with van der Waals surface area (Å²) in [6.45, 7) is 10.3. The van der Waals surface area contributed by atoms with Crippen molar-refractivity contribution < 1.29 is 19.2 Å². The topological polar surface area (TPSA) is 92.4 Å². The molecular formula is C15H24N2O4. The summed E-state index contributed by atoms with van der Waals surface area (Å²) in [6, 6.07) is 0. The van der Waals surface area contributed by atoms with Gasteiger partial charge in [0, 0.05) is 17.5 Å². The van der Waals surface area contributed by atoms with Gasteiger partial charge in [0.05, 0.1) is 11.1 Å². The average Bonchev–Trinajstić information content (AvgIpc) is 2.65. The van der Waals surface area contributed by atoms with Crippen LogP contribution in [0.3, 0.4) is 0 Å². The highest BCUT2D eigenvalue weighted by molar-refractivity contribution is 5.80. The van der Waals surface area contributed by atoms with Gasteiger partial charge in [-0.3, -0.25) is 9.59 Å². The van der Waals surface area contributed by atoms with Crippen LogP contribution in [-0.4, -0.2) is 27.7 Å². The second kappa shape index (κ2) is 5.87. The standard InChI is InChI=1S/C15H24N2O4/c1-9-11(10(2)21-17-9)7-8-12(18)16-15(5,6)14(3,4)13(19)20/h7-8H2,1-6H3,(H,16,18)(H,19,20). The molecule has 1 aromatic heterocycles. The normalized spacial score (nSPS) is 12.3. The highest BCUT2D eigenvalue weighted by atomic mass is 16.5. The van der Waals surface area contributed by atoms with Gasteiger partial charge in [0.1, 0.15) is 5.76 Å². The highest BCUT2D eigenvalue weighted by Crippen LogP contribution is 2.30. The summed E-state index contributed by atoms with van der Waals surface area (Å²) in [4.78, 5) is 23.4. The molecule has 6 heteroatoms. The third-order valence-corrected chi connectivity index (χ3v) is 4.33. The van der Waals surface area contributed by atoms with Crippen molar-refractivity contribution in [3.05, 3.63) is 17.0 Å². The van der Waals surface area contributed by atoms with Gasteiger partial charge in [0.25, 0.3) is 0 Å². The Morgan fingerprint density at radius 2 is 1.81 bits per heavy atom. The Morgan fingerprint density at radius 3 is 2.24 bits per heavy atom. The SMILES string of the molecule is Cc1noc(C)c1CCC(=O)NC(C)(C)C(C)(C)C(=O)O. The molecule has 0 unspecified atom stereocenters. The molecule has 0 aliphatic heterocycles. The van der Waals surface area contributed by atoms with Gasteiger partial charge in [0.2, 0.25) is 5.91 Å². The van der Waals surface area contributed by atoms with Crippen molar-refractivity contribution >= 4 is 11.9 Å². The second-order valence-electron chi connectivity index (χ2n) is 6.41. The van der Waals surface area contributed by atoms with Gasteiger partial charge in [-0.25, -0.2) is 0 Å². The van der Waals surface area contributed by atoms with E-state index in [1.165, 1.54) is 0 Å². The summed E-state index contributed by atoms with van der Waals surface area (Å²) in [5.74, 6) is -0.418. The maximum absolute atomic E-state index is 12.1. The Kier molecular flexibility index (Phi) is 4.81. The summed E-state index contributed by atoms with van der Waals surface area (Å²) in [7, 11) is 0. The number of rotatable bonds is 6. The Balaban J connectivity index is 2.68. The van der Waals surface area contributed by atoms with E-state index in [0.717, 1.165) is 11.3 Å². The van der Waals surface area contributed by atoms with Crippen LogP contribution in [0.25, 0.3) is 0 Å². The van der Waals surface area contributed by atoms with Crippen molar-refractivity contribution in [3.8, 4) is 0 Å². The largest absolute Gasteiger partial charge is 0.481 e. The van der Waals surface area contributed by atoms with Crippen LogP contribution >= 0.6 is 0 Å². The van der Waals surface area contributed by atoms with Gasteiger partial charge >= 0.3 is 5.97 Å². The van der Waals surface area contributed by atoms with Gasteiger partial charge in [-0.2, -0.15) is 0 Å². The molecule has 0 saturated carbocycles. The van der Waals surface area contributed by atoms with Crippen molar-refractivity contribution in [2.45, 2.75) is 59.9 Å². The number of nitrogens with zero attached hydrogens (tertiary/aromatic N) is 1. The van der Waals surface area contributed by atoms with Gasteiger partial charge < -0.3 is 14.9 Å². The van der Waals surface area contributed by atoms with Crippen molar-refractivity contribution in [1.82, 2.24) is 10.5 Å². The Bertz CT molecular complexity index is 524. The number of amides is 1. The van der Waals surface area contributed by atoms with E-state index in [9.17, 15) is 14.7 Å². The van der Waals surface area contributed by atoms with Gasteiger partial charge in [0.15, 0.2) is 0 Å². The minimum atomic E-state index is -1.06. The fourth-order valence-electron chi connectivity index (χ4n) is 1.93. The van der Waals surface area contributed by atoms with Crippen LogP contribution in [0.2, 0.25) is 0 Å². The van der Waals surface area contributed by atoms with E-state index in [0.29, 0.717) is 12.2 Å². The Labute approximate surface area is 124 Å². The highest BCUT2D eigenvalue weighted by Gasteiger charge is 2.44. The molecule has 0 spiro atoms. The molecule has 0 aliphatic carbocycles. The van der Waals surface area contributed by atoms with Crippen LogP contribution in [0.4, 0.5) is 0 Å². The molecule has 118 valence electrons. The fourth-order valence-corrected chi connectivity index (χ4v) is 1.93. The maximum atomic E-state index is 12.1. The predicted molar refractivity (Wildman–Crippen MR) is 77.9 cm³/mol. The van der Waals surface area contributed by atoms with Crippen molar-refractivity contribution in [2.24, 2.45) is 5.41 Å². The molecule has 2 N–H and O–H groups in total. The number of carbonyl (C=O) groups is 2. The first kappa shape index (κ1) is 17.2. The first-order chi connectivity index (χ1) is 9.49. The lowest BCUT2D eigenvalue weighted by Gasteiger charge is -2.38. The van der Waals surface area contributed by atoms with E-state index >= 15 is 0 Å². The minimum absolute atomic E-state index is 0.186. The van der Waals surface area contributed by atoms with Gasteiger partial charge in [-0.1, -0.05) is 5.16 Å². The van der Waals surface area contributed by atoms with E-state index in [1.54, 1.807) is 27.7 Å². The van der Waals surface area contributed by atoms with Crippen LogP contribution in [0, 0.1) is 19.3 Å². The van der Waals surface area contributed by atoms with E-state index in [-0.39, 0.29) is 12.3 Å². The lowest BCUT2D eigenvalue weighted by Crippen LogP contribution is -2.57. The van der Waals surface area contributed by atoms with Gasteiger partial charge in [-0.05, 0) is 48.0 Å². The zero-order valence-electron chi connectivity index (χ0n) is 13.5. The van der Waals surface area contributed by atoms with Crippen molar-refractivity contribution in [2.75, 3.05) is 0 Å². The third kappa shape index (κ3) is 3.62. The van der Waals surface area contributed by atoms with Crippen molar-refractivity contribution in [3.63, 3.8) is 0 Å². The summed E-state index contributed by atoms with van der Waals surface area (Å²) in [5, 5.41) is 15.9. The third-order valence-electron chi connectivity index (χ3n) is 4.33. The number of hydrogen-bond donors (Lipinski definition) is 2. The van der Waals surface area contributed by atoms with Crippen molar-refractivity contribution in [1.29, 1.82) is 0 Å². The second-order valence-corrected chi connectivity index (χ2v) is 6.41. The lowest BCUT2D eigenvalue weighted by molar-refractivity contribution is -0.151. The smallest absolute Gasteiger partial charge is 0.311 e. The van der Waals surface area contributed by atoms with Crippen LogP contribution in [0.15, 0.2) is 4.52 Å². The molecule has 21 heavy (non-hydrogen) atoms. The molecule has 0 saturated heterocycles. The molecule has 6 nitrogen and oxygen atoms in total. The average molecular weight is 296 g/mol. The van der Waals surface area contributed by atoms with E-state index in [2.05, 4.69) is 10.5 Å². The lowest BCUT2D eigenvalue weighted by atomic mass is 9.74. The maximum Gasteiger partial charge on any atom is 0.311 e. The number of nitrogens with one attached hydrogen (secondary N) is 1. The zero-order valence-corrected chi connectivity index (χ0v) is 13.5. The molecule has 1 amide bonds. The van der Waals surface area contributed by atoms with Gasteiger partial charge in [-0.15, -0.1) is 0 Å². The van der Waals surface area contributed by atoms with E-state index < -0.39 is 16.9 Å². The number of aliphatic carboxylic acids is 1. The van der Waals surface area contributed by atoms with Crippen LogP contribution in [0.1, 0.15) is 51.1 Å². The molecule has 1 heterocycles. The number of aryl methyl sites for hydroxylation is 2. The predicted octanol–water partition coefficient (Wildman–Crippen LogP) is 2.23. The molecule has 0 bridgehead atoms. The molecule has 0 fully saturated rings. The first-order valence-corrected chi connectivity index (χ1v) is 6.95. The monoisotopic (exact) mass is 296 g/mol. The Hall–Kier alpha value is -1.85. The molecule has 0 aliphatic rings. The number of hydrogen-bond acceptors (Lipinski definition) is 4. The summed E-state index contributed by atoms with van der Waals surface area (Å²) < 4.78 is 5.05. The quantitative estimate of drug-likeness (QED) is 0.839. The van der Waals surface area contributed by atoms with Crippen LogP contribution < -0.4 is 5.32 Å². The molecular weight excluding hydrogens is 272 g/mol. The molecule has 1 rings (SSSR count). The first-order valence-electron chi connectivity index (χ1n) is 6.95.